The summed E-state index contributed by atoms with van der Waals surface area (Å²) in [5.74, 6) is 0. The van der Waals surface area contributed by atoms with Gasteiger partial charge in [-0.05, 0) is 43.2 Å². The maximum Gasteiger partial charge on any atom is 0.0403 e. The Hall–Kier alpha value is -0.850. The third-order valence-corrected chi connectivity index (χ3v) is 2.81. The summed E-state index contributed by atoms with van der Waals surface area (Å²) < 4.78 is 0. The number of hydrogen-bond donors (Lipinski definition) is 0. The number of rotatable bonds is 3. The molecule has 0 radical (unpaired) electrons. The minimum absolute atomic E-state index is 0.664. The van der Waals surface area contributed by atoms with Crippen molar-refractivity contribution < 1.29 is 0 Å². The summed E-state index contributed by atoms with van der Waals surface area (Å²) in [4.78, 5) is 4.31. The highest BCUT2D eigenvalue weighted by Gasteiger charge is 2.36. The highest BCUT2D eigenvalue weighted by Crippen LogP contribution is 2.48. The first-order valence-electron chi connectivity index (χ1n) is 4.68. The normalized spacial score (nSPS) is 19.1. The van der Waals surface area contributed by atoms with Gasteiger partial charge in [-0.25, -0.2) is 0 Å². The standard InChI is InChI=1S/C11H15N/c1-11(7-8-11)6-5-10-4-2-3-9-12-10/h2-4,9H,5-8H2,1H3. The molecule has 1 aliphatic rings. The summed E-state index contributed by atoms with van der Waals surface area (Å²) in [6.07, 6.45) is 7.17. The van der Waals surface area contributed by atoms with E-state index in [1.165, 1.54) is 25.0 Å². The quantitative estimate of drug-likeness (QED) is 0.664. The number of aryl methyl sites for hydroxylation is 1. The van der Waals surface area contributed by atoms with E-state index in [-0.39, 0.29) is 0 Å². The van der Waals surface area contributed by atoms with Crippen molar-refractivity contribution in [1.29, 1.82) is 0 Å². The molecule has 12 heavy (non-hydrogen) atoms. The van der Waals surface area contributed by atoms with E-state index in [4.69, 9.17) is 0 Å². The van der Waals surface area contributed by atoms with Gasteiger partial charge < -0.3 is 0 Å². The van der Waals surface area contributed by atoms with Gasteiger partial charge in [0.1, 0.15) is 0 Å². The average Bonchev–Trinajstić information content (AvgIpc) is 2.84. The molecule has 0 atom stereocenters. The molecule has 0 spiro atoms. The Labute approximate surface area is 73.8 Å². The van der Waals surface area contributed by atoms with Crippen molar-refractivity contribution in [3.8, 4) is 0 Å². The zero-order valence-electron chi connectivity index (χ0n) is 7.59. The summed E-state index contributed by atoms with van der Waals surface area (Å²) in [6, 6.07) is 6.16. The SMILES string of the molecule is CC1(CCc2ccccn2)CC1. The molecule has 1 aromatic heterocycles. The summed E-state index contributed by atoms with van der Waals surface area (Å²) >= 11 is 0. The predicted molar refractivity (Wildman–Crippen MR) is 49.9 cm³/mol. The molecule has 64 valence electrons. The van der Waals surface area contributed by atoms with E-state index in [2.05, 4.69) is 24.0 Å². The van der Waals surface area contributed by atoms with Gasteiger partial charge in [-0.3, -0.25) is 4.98 Å². The average molecular weight is 161 g/mol. The molecule has 1 fully saturated rings. The van der Waals surface area contributed by atoms with Crippen LogP contribution >= 0.6 is 0 Å². The summed E-state index contributed by atoms with van der Waals surface area (Å²) in [6.45, 7) is 2.37. The molecule has 1 heterocycles. The Kier molecular flexibility index (Phi) is 1.87. The van der Waals surface area contributed by atoms with Crippen molar-refractivity contribution in [2.75, 3.05) is 0 Å². The lowest BCUT2D eigenvalue weighted by Crippen LogP contribution is -1.97. The molecular formula is C11H15N. The molecule has 0 unspecified atom stereocenters. The second kappa shape index (κ2) is 2.89. The Morgan fingerprint density at radius 2 is 2.25 bits per heavy atom. The van der Waals surface area contributed by atoms with Crippen LogP contribution in [-0.4, -0.2) is 4.98 Å². The van der Waals surface area contributed by atoms with Gasteiger partial charge in [0, 0.05) is 11.9 Å². The fourth-order valence-electron chi connectivity index (χ4n) is 1.44. The van der Waals surface area contributed by atoms with Crippen LogP contribution in [0.1, 0.15) is 31.9 Å². The maximum absolute atomic E-state index is 4.31. The van der Waals surface area contributed by atoms with E-state index < -0.39 is 0 Å². The van der Waals surface area contributed by atoms with Crippen molar-refractivity contribution in [3.63, 3.8) is 0 Å². The molecule has 1 aliphatic carbocycles. The third-order valence-electron chi connectivity index (χ3n) is 2.81. The fourth-order valence-corrected chi connectivity index (χ4v) is 1.44. The van der Waals surface area contributed by atoms with E-state index >= 15 is 0 Å². The lowest BCUT2D eigenvalue weighted by molar-refractivity contribution is 0.515. The second-order valence-electron chi connectivity index (χ2n) is 4.13. The van der Waals surface area contributed by atoms with Crippen LogP contribution in [0.3, 0.4) is 0 Å². The number of pyridine rings is 1. The Bertz CT molecular complexity index is 249. The van der Waals surface area contributed by atoms with Crippen LogP contribution in [0, 0.1) is 5.41 Å². The van der Waals surface area contributed by atoms with Gasteiger partial charge in [-0.15, -0.1) is 0 Å². The minimum atomic E-state index is 0.664. The van der Waals surface area contributed by atoms with Crippen LogP contribution < -0.4 is 0 Å². The van der Waals surface area contributed by atoms with Crippen molar-refractivity contribution >= 4 is 0 Å². The molecule has 1 heteroatoms. The van der Waals surface area contributed by atoms with Gasteiger partial charge >= 0.3 is 0 Å². The molecule has 1 aromatic rings. The van der Waals surface area contributed by atoms with E-state index in [1.54, 1.807) is 0 Å². The maximum atomic E-state index is 4.31. The summed E-state index contributed by atoms with van der Waals surface area (Å²) in [7, 11) is 0. The predicted octanol–water partition coefficient (Wildman–Crippen LogP) is 2.81. The Morgan fingerprint density at radius 1 is 1.42 bits per heavy atom. The lowest BCUT2D eigenvalue weighted by Gasteiger charge is -2.05. The Morgan fingerprint density at radius 3 is 2.83 bits per heavy atom. The first kappa shape index (κ1) is 7.78. The van der Waals surface area contributed by atoms with Crippen LogP contribution in [0.2, 0.25) is 0 Å². The van der Waals surface area contributed by atoms with Crippen molar-refractivity contribution in [1.82, 2.24) is 4.98 Å². The minimum Gasteiger partial charge on any atom is -0.261 e. The van der Waals surface area contributed by atoms with Gasteiger partial charge in [0.05, 0.1) is 0 Å². The molecule has 2 rings (SSSR count). The zero-order valence-corrected chi connectivity index (χ0v) is 7.59. The number of aromatic nitrogens is 1. The van der Waals surface area contributed by atoms with Gasteiger partial charge in [0.2, 0.25) is 0 Å². The molecule has 0 N–H and O–H groups in total. The zero-order chi connectivity index (χ0) is 8.44. The highest BCUT2D eigenvalue weighted by molar-refractivity contribution is 5.05. The molecule has 0 aromatic carbocycles. The summed E-state index contributed by atoms with van der Waals surface area (Å²) in [5.41, 5.74) is 1.91. The first-order chi connectivity index (χ1) is 5.79. The van der Waals surface area contributed by atoms with Crippen molar-refractivity contribution in [2.24, 2.45) is 5.41 Å². The molecule has 1 saturated carbocycles. The van der Waals surface area contributed by atoms with Crippen molar-refractivity contribution in [3.05, 3.63) is 30.1 Å². The smallest absolute Gasteiger partial charge is 0.0403 e. The van der Waals surface area contributed by atoms with Crippen LogP contribution in [0.5, 0.6) is 0 Å². The third kappa shape index (κ3) is 1.84. The Balaban J connectivity index is 1.88. The van der Waals surface area contributed by atoms with Gasteiger partial charge in [0.15, 0.2) is 0 Å². The monoisotopic (exact) mass is 161 g/mol. The van der Waals surface area contributed by atoms with Crippen LogP contribution in [-0.2, 0) is 6.42 Å². The molecule has 0 aliphatic heterocycles. The molecule has 1 nitrogen and oxygen atoms in total. The topological polar surface area (TPSA) is 12.9 Å². The largest absolute Gasteiger partial charge is 0.261 e. The van der Waals surface area contributed by atoms with Crippen LogP contribution in [0.25, 0.3) is 0 Å². The highest BCUT2D eigenvalue weighted by atomic mass is 14.7. The van der Waals surface area contributed by atoms with E-state index in [9.17, 15) is 0 Å². The van der Waals surface area contributed by atoms with E-state index in [0.29, 0.717) is 5.41 Å². The lowest BCUT2D eigenvalue weighted by atomic mass is 10.0. The fraction of sp³-hybridized carbons (Fsp3) is 0.545. The van der Waals surface area contributed by atoms with Crippen LogP contribution in [0.4, 0.5) is 0 Å². The second-order valence-corrected chi connectivity index (χ2v) is 4.13. The van der Waals surface area contributed by atoms with Gasteiger partial charge in [0.25, 0.3) is 0 Å². The number of hydrogen-bond acceptors (Lipinski definition) is 1. The van der Waals surface area contributed by atoms with Crippen LogP contribution in [0.15, 0.2) is 24.4 Å². The van der Waals surface area contributed by atoms with Gasteiger partial charge in [-0.2, -0.15) is 0 Å². The van der Waals surface area contributed by atoms with E-state index in [0.717, 1.165) is 6.42 Å². The molecule has 0 saturated heterocycles. The van der Waals surface area contributed by atoms with Gasteiger partial charge in [-0.1, -0.05) is 13.0 Å². The molecular weight excluding hydrogens is 146 g/mol. The van der Waals surface area contributed by atoms with Crippen molar-refractivity contribution in [2.45, 2.75) is 32.6 Å². The first-order valence-corrected chi connectivity index (χ1v) is 4.68. The molecule has 0 bridgehead atoms. The summed E-state index contributed by atoms with van der Waals surface area (Å²) in [5, 5.41) is 0. The molecule has 0 amide bonds. The number of nitrogens with zero attached hydrogens (tertiary/aromatic N) is 1. The van der Waals surface area contributed by atoms with E-state index in [1.807, 2.05) is 12.3 Å².